The predicted octanol–water partition coefficient (Wildman–Crippen LogP) is 2.30. The number of halogens is 1. The molecule has 0 radical (unpaired) electrons. The Morgan fingerprint density at radius 2 is 2.33 bits per heavy atom. The largest absolute Gasteiger partial charge is 0.337 e. The molecule has 2 nitrogen and oxygen atoms in total. The van der Waals surface area contributed by atoms with Gasteiger partial charge >= 0.3 is 0 Å². The molecule has 1 fully saturated rings. The van der Waals surface area contributed by atoms with E-state index in [-0.39, 0.29) is 18.6 Å². The quantitative estimate of drug-likeness (QED) is 0.656. The summed E-state index contributed by atoms with van der Waals surface area (Å²) in [4.78, 5) is 13.6. The van der Waals surface area contributed by atoms with Crippen molar-refractivity contribution in [1.82, 2.24) is 4.90 Å². The van der Waals surface area contributed by atoms with Crippen molar-refractivity contribution >= 4 is 5.91 Å². The van der Waals surface area contributed by atoms with Crippen LogP contribution in [0.4, 0.5) is 4.39 Å². The fourth-order valence-electron chi connectivity index (χ4n) is 2.53. The molecule has 0 spiro atoms. The summed E-state index contributed by atoms with van der Waals surface area (Å²) < 4.78 is 12.6. The second-order valence-corrected chi connectivity index (χ2v) is 4.51. The fourth-order valence-corrected chi connectivity index (χ4v) is 2.53. The van der Waals surface area contributed by atoms with Crippen LogP contribution < -0.4 is 0 Å². The Morgan fingerprint density at radius 3 is 3.00 bits per heavy atom. The maximum atomic E-state index is 12.6. The summed E-state index contributed by atoms with van der Waals surface area (Å²) in [6.07, 6.45) is 8.80. The summed E-state index contributed by atoms with van der Waals surface area (Å²) >= 11 is 0. The first-order valence-corrected chi connectivity index (χ1v) is 5.83. The molecule has 0 aromatic carbocycles. The lowest BCUT2D eigenvalue weighted by Crippen LogP contribution is -2.37. The van der Waals surface area contributed by atoms with Crippen molar-refractivity contribution in [3.63, 3.8) is 0 Å². The zero-order valence-electron chi connectivity index (χ0n) is 8.99. The molecular weight excluding hydrogens is 193 g/mol. The molecule has 3 heteroatoms. The third-order valence-corrected chi connectivity index (χ3v) is 3.42. The predicted molar refractivity (Wildman–Crippen MR) is 57.2 cm³/mol. The van der Waals surface area contributed by atoms with Crippen molar-refractivity contribution in [1.29, 1.82) is 0 Å². The molecule has 0 unspecified atom stereocenters. The summed E-state index contributed by atoms with van der Waals surface area (Å²) in [6, 6.07) is -0.136. The van der Waals surface area contributed by atoms with Gasteiger partial charge in [0.25, 0.3) is 0 Å². The number of likely N-dealkylation sites (tertiary alicyclic amines) is 1. The number of rotatable bonds is 3. The molecule has 0 N–H and O–H groups in total. The van der Waals surface area contributed by atoms with Crippen LogP contribution in [0.3, 0.4) is 0 Å². The van der Waals surface area contributed by atoms with Gasteiger partial charge in [-0.25, -0.2) is 4.39 Å². The van der Waals surface area contributed by atoms with Crippen LogP contribution in [0.2, 0.25) is 0 Å². The van der Waals surface area contributed by atoms with Gasteiger partial charge in [-0.3, -0.25) is 4.79 Å². The van der Waals surface area contributed by atoms with E-state index in [9.17, 15) is 9.18 Å². The Kier molecular flexibility index (Phi) is 3.39. The average Bonchev–Trinajstić information content (AvgIpc) is 2.86. The second kappa shape index (κ2) is 4.77. The summed E-state index contributed by atoms with van der Waals surface area (Å²) in [5.41, 5.74) is 0. The molecule has 2 rings (SSSR count). The average molecular weight is 211 g/mol. The number of allylic oxidation sites excluding steroid dienone is 2. The van der Waals surface area contributed by atoms with Crippen LogP contribution in [-0.4, -0.2) is 30.1 Å². The van der Waals surface area contributed by atoms with Gasteiger partial charge < -0.3 is 4.90 Å². The Morgan fingerprint density at radius 1 is 1.47 bits per heavy atom. The van der Waals surface area contributed by atoms with Crippen molar-refractivity contribution < 1.29 is 9.18 Å². The molecule has 0 bridgehead atoms. The van der Waals surface area contributed by atoms with Crippen molar-refractivity contribution in [3.05, 3.63) is 12.2 Å². The first-order valence-electron chi connectivity index (χ1n) is 5.83. The maximum absolute atomic E-state index is 12.6. The summed E-state index contributed by atoms with van der Waals surface area (Å²) in [7, 11) is 0. The Labute approximate surface area is 90.1 Å². The smallest absolute Gasteiger partial charge is 0.223 e. The van der Waals surface area contributed by atoms with Gasteiger partial charge in [-0.05, 0) is 31.6 Å². The highest BCUT2D eigenvalue weighted by Gasteiger charge is 2.29. The van der Waals surface area contributed by atoms with E-state index in [1.54, 1.807) is 4.90 Å². The van der Waals surface area contributed by atoms with E-state index in [2.05, 4.69) is 12.2 Å². The normalized spacial score (nSPS) is 30.1. The van der Waals surface area contributed by atoms with Crippen LogP contribution >= 0.6 is 0 Å². The molecule has 2 atom stereocenters. The third-order valence-electron chi connectivity index (χ3n) is 3.42. The molecule has 0 aromatic rings. The van der Waals surface area contributed by atoms with Gasteiger partial charge in [0.1, 0.15) is 6.67 Å². The van der Waals surface area contributed by atoms with Gasteiger partial charge in [-0.1, -0.05) is 12.2 Å². The van der Waals surface area contributed by atoms with Crippen molar-refractivity contribution in [2.75, 3.05) is 13.2 Å². The minimum absolute atomic E-state index is 0.136. The monoisotopic (exact) mass is 211 g/mol. The van der Waals surface area contributed by atoms with Crippen LogP contribution in [-0.2, 0) is 4.79 Å². The van der Waals surface area contributed by atoms with Crippen molar-refractivity contribution in [2.24, 2.45) is 5.92 Å². The van der Waals surface area contributed by atoms with Gasteiger partial charge in [-0.15, -0.1) is 0 Å². The standard InChI is InChI=1S/C12H18FNO/c13-9-11-6-3-7-14(11)12(15)8-10-4-1-2-5-10/h1,4,10-11H,2-3,5-9H2/t10-,11+/m0/s1. The Hall–Kier alpha value is -0.860. The molecule has 0 saturated carbocycles. The lowest BCUT2D eigenvalue weighted by molar-refractivity contribution is -0.133. The molecule has 1 aliphatic heterocycles. The minimum Gasteiger partial charge on any atom is -0.337 e. The number of carbonyl (C=O) groups is 1. The fraction of sp³-hybridized carbons (Fsp3) is 0.750. The number of hydrogen-bond acceptors (Lipinski definition) is 1. The number of amides is 1. The topological polar surface area (TPSA) is 20.3 Å². The van der Waals surface area contributed by atoms with Gasteiger partial charge in [0, 0.05) is 13.0 Å². The van der Waals surface area contributed by atoms with Gasteiger partial charge in [0.2, 0.25) is 5.91 Å². The number of hydrogen-bond donors (Lipinski definition) is 0. The van der Waals surface area contributed by atoms with Gasteiger partial charge in [0.15, 0.2) is 0 Å². The highest BCUT2D eigenvalue weighted by atomic mass is 19.1. The van der Waals surface area contributed by atoms with E-state index in [0.29, 0.717) is 12.3 Å². The lowest BCUT2D eigenvalue weighted by Gasteiger charge is -2.23. The maximum Gasteiger partial charge on any atom is 0.223 e. The first-order chi connectivity index (χ1) is 7.31. The minimum atomic E-state index is -0.383. The summed E-state index contributed by atoms with van der Waals surface area (Å²) in [6.45, 7) is 0.371. The molecule has 15 heavy (non-hydrogen) atoms. The van der Waals surface area contributed by atoms with E-state index in [1.807, 2.05) is 0 Å². The zero-order valence-corrected chi connectivity index (χ0v) is 8.99. The molecule has 1 aliphatic carbocycles. The molecule has 1 saturated heterocycles. The molecular formula is C12H18FNO. The Bertz CT molecular complexity index is 264. The van der Waals surface area contributed by atoms with Crippen molar-refractivity contribution in [2.45, 2.75) is 38.1 Å². The van der Waals surface area contributed by atoms with E-state index in [4.69, 9.17) is 0 Å². The molecule has 1 amide bonds. The van der Waals surface area contributed by atoms with Crippen LogP contribution in [0.5, 0.6) is 0 Å². The van der Waals surface area contributed by atoms with E-state index in [0.717, 1.165) is 32.2 Å². The number of carbonyl (C=O) groups excluding carboxylic acids is 1. The van der Waals surface area contributed by atoms with Crippen LogP contribution in [0, 0.1) is 5.92 Å². The summed E-state index contributed by atoms with van der Waals surface area (Å²) in [5, 5.41) is 0. The summed E-state index contributed by atoms with van der Waals surface area (Å²) in [5.74, 6) is 0.546. The zero-order chi connectivity index (χ0) is 10.7. The number of alkyl halides is 1. The van der Waals surface area contributed by atoms with Crippen LogP contribution in [0.1, 0.15) is 32.1 Å². The van der Waals surface area contributed by atoms with E-state index < -0.39 is 0 Å². The molecule has 2 aliphatic rings. The van der Waals surface area contributed by atoms with Crippen LogP contribution in [0.25, 0.3) is 0 Å². The highest BCUT2D eigenvalue weighted by molar-refractivity contribution is 5.77. The Balaban J connectivity index is 1.86. The first kappa shape index (κ1) is 10.7. The molecule has 1 heterocycles. The third kappa shape index (κ3) is 2.39. The molecule has 84 valence electrons. The lowest BCUT2D eigenvalue weighted by atomic mass is 10.0. The van der Waals surface area contributed by atoms with Gasteiger partial charge in [-0.2, -0.15) is 0 Å². The SMILES string of the molecule is O=C(C[C@H]1C=CCC1)N1CCC[C@@H]1CF. The van der Waals surface area contributed by atoms with Crippen LogP contribution in [0.15, 0.2) is 12.2 Å². The van der Waals surface area contributed by atoms with E-state index in [1.165, 1.54) is 0 Å². The van der Waals surface area contributed by atoms with E-state index >= 15 is 0 Å². The van der Waals surface area contributed by atoms with Crippen molar-refractivity contribution in [3.8, 4) is 0 Å². The molecule has 0 aromatic heterocycles. The van der Waals surface area contributed by atoms with Gasteiger partial charge in [0.05, 0.1) is 6.04 Å². The highest BCUT2D eigenvalue weighted by Crippen LogP contribution is 2.24. The second-order valence-electron chi connectivity index (χ2n) is 4.51. The number of nitrogens with zero attached hydrogens (tertiary/aromatic N) is 1.